The molecule has 2 aliphatic heterocycles. The van der Waals surface area contributed by atoms with Crippen molar-refractivity contribution in [3.63, 3.8) is 0 Å². The lowest BCUT2D eigenvalue weighted by molar-refractivity contribution is -0.153. The van der Waals surface area contributed by atoms with Crippen LogP contribution in [0.25, 0.3) is 0 Å². The number of nitrogens with two attached hydrogens (primary N) is 1. The number of amides is 3. The third-order valence-electron chi connectivity index (χ3n) is 11.8. The van der Waals surface area contributed by atoms with Gasteiger partial charge in [-0.25, -0.2) is 8.42 Å². The molecular formula is C39H62N6O7S. The number of hydrogen-bond donors (Lipinski definition) is 3. The fourth-order valence-electron chi connectivity index (χ4n) is 8.52. The first-order chi connectivity index (χ1) is 25.2. The predicted molar refractivity (Wildman–Crippen MR) is 204 cm³/mol. The summed E-state index contributed by atoms with van der Waals surface area (Å²) in [6.45, 7) is 7.01. The Hall–Kier alpha value is -3.52. The molecule has 1 aromatic rings. The van der Waals surface area contributed by atoms with E-state index in [1.54, 1.807) is 4.90 Å². The van der Waals surface area contributed by atoms with Crippen molar-refractivity contribution in [2.45, 2.75) is 129 Å². The van der Waals surface area contributed by atoms with E-state index in [0.717, 1.165) is 37.5 Å². The quantitative estimate of drug-likeness (QED) is 0.127. The summed E-state index contributed by atoms with van der Waals surface area (Å²) in [5.41, 5.74) is 5.62. The normalized spacial score (nSPS) is 20.2. The second kappa shape index (κ2) is 19.2. The van der Waals surface area contributed by atoms with Crippen LogP contribution in [0.5, 0.6) is 0 Å². The minimum Gasteiger partial charge on any atom is -0.463 e. The van der Waals surface area contributed by atoms with E-state index in [1.807, 2.05) is 51.1 Å². The van der Waals surface area contributed by atoms with E-state index in [-0.39, 0.29) is 36.7 Å². The van der Waals surface area contributed by atoms with Gasteiger partial charge in [0.25, 0.3) is 0 Å². The van der Waals surface area contributed by atoms with Crippen LogP contribution in [0.4, 0.5) is 0 Å². The number of esters is 1. The van der Waals surface area contributed by atoms with Crippen molar-refractivity contribution in [2.24, 2.45) is 23.0 Å². The Balaban J connectivity index is 1.37. The lowest BCUT2D eigenvalue weighted by atomic mass is 9.76. The van der Waals surface area contributed by atoms with Crippen molar-refractivity contribution in [3.8, 4) is 0 Å². The van der Waals surface area contributed by atoms with Crippen LogP contribution in [0, 0.1) is 22.7 Å². The van der Waals surface area contributed by atoms with E-state index in [4.69, 9.17) is 15.9 Å². The number of guanidine groups is 1. The summed E-state index contributed by atoms with van der Waals surface area (Å²) >= 11 is 0. The molecule has 4 rings (SSSR count). The second-order valence-corrected chi connectivity index (χ2v) is 17.5. The third-order valence-corrected chi connectivity index (χ3v) is 13.1. The molecule has 3 aliphatic rings. The number of piperidine rings is 1. The van der Waals surface area contributed by atoms with Crippen LogP contribution in [0.1, 0.15) is 110 Å². The summed E-state index contributed by atoms with van der Waals surface area (Å²) in [5, 5.41) is 11.6. The smallest absolute Gasteiger partial charge is 0.306 e. The van der Waals surface area contributed by atoms with Gasteiger partial charge in [-0.15, -0.1) is 0 Å². The Kier molecular flexibility index (Phi) is 15.3. The van der Waals surface area contributed by atoms with Gasteiger partial charge in [0.15, 0.2) is 5.96 Å². The monoisotopic (exact) mass is 758 g/mol. The number of carbonyl (C=O) groups is 4. The van der Waals surface area contributed by atoms with Crippen molar-refractivity contribution in [1.29, 1.82) is 5.41 Å². The van der Waals surface area contributed by atoms with Gasteiger partial charge < -0.3 is 20.3 Å². The zero-order valence-corrected chi connectivity index (χ0v) is 33.0. The molecular weight excluding hydrogens is 697 g/mol. The first-order valence-corrected chi connectivity index (χ1v) is 21.5. The molecule has 14 heteroatoms. The van der Waals surface area contributed by atoms with Gasteiger partial charge in [-0.3, -0.25) is 29.9 Å². The molecule has 0 bridgehead atoms. The highest BCUT2D eigenvalue weighted by Gasteiger charge is 2.42. The van der Waals surface area contributed by atoms with Gasteiger partial charge in [0.1, 0.15) is 18.2 Å². The van der Waals surface area contributed by atoms with Gasteiger partial charge in [-0.05, 0) is 88.5 Å². The van der Waals surface area contributed by atoms with Crippen molar-refractivity contribution < 1.29 is 32.3 Å². The number of benzene rings is 1. The number of rotatable bonds is 16. The molecule has 1 saturated carbocycles. The van der Waals surface area contributed by atoms with E-state index in [0.29, 0.717) is 76.9 Å². The SMILES string of the molecule is CCC(CC)(CC(C)OC(=O)CC1CCCCC1)C(=O)NC(=N)N1CCC(CN([C@H](Cc2ccccc2)C(=O)N2CCC[C@H]2C(N)=O)S(C)(=O)=O)CC1. The van der Waals surface area contributed by atoms with E-state index in [9.17, 15) is 27.6 Å². The third kappa shape index (κ3) is 11.5. The van der Waals surface area contributed by atoms with Crippen LogP contribution in [-0.2, 0) is 40.4 Å². The summed E-state index contributed by atoms with van der Waals surface area (Å²) < 4.78 is 33.8. The first-order valence-electron chi connectivity index (χ1n) is 19.6. The molecule has 3 fully saturated rings. The van der Waals surface area contributed by atoms with E-state index >= 15 is 0 Å². The topological polar surface area (TPSA) is 183 Å². The molecule has 1 aromatic carbocycles. The molecule has 1 unspecified atom stereocenters. The zero-order chi connectivity index (χ0) is 38.8. The number of primary amides is 1. The van der Waals surface area contributed by atoms with Crippen LogP contribution in [0.2, 0.25) is 0 Å². The number of carbonyl (C=O) groups excluding carboxylic acids is 4. The lowest BCUT2D eigenvalue weighted by Crippen LogP contribution is -2.56. The van der Waals surface area contributed by atoms with Crippen LogP contribution < -0.4 is 11.1 Å². The van der Waals surface area contributed by atoms with Crippen molar-refractivity contribution in [3.05, 3.63) is 35.9 Å². The molecule has 13 nitrogen and oxygen atoms in total. The minimum atomic E-state index is -3.86. The minimum absolute atomic E-state index is 0.00898. The molecule has 4 N–H and O–H groups in total. The summed E-state index contributed by atoms with van der Waals surface area (Å²) in [7, 11) is -3.86. The van der Waals surface area contributed by atoms with Gasteiger partial charge in [-0.2, -0.15) is 4.31 Å². The van der Waals surface area contributed by atoms with Gasteiger partial charge in [0, 0.05) is 32.6 Å². The second-order valence-electron chi connectivity index (χ2n) is 15.6. The van der Waals surface area contributed by atoms with Crippen LogP contribution in [0.3, 0.4) is 0 Å². The highest BCUT2D eigenvalue weighted by molar-refractivity contribution is 7.88. The summed E-state index contributed by atoms with van der Waals surface area (Å²) in [4.78, 5) is 56.0. The van der Waals surface area contributed by atoms with Crippen molar-refractivity contribution in [2.75, 3.05) is 32.4 Å². The molecule has 3 atom stereocenters. The first kappa shape index (κ1) is 42.2. The van der Waals surface area contributed by atoms with Gasteiger partial charge >= 0.3 is 5.97 Å². The van der Waals surface area contributed by atoms with Gasteiger partial charge in [0.05, 0.1) is 11.7 Å². The number of sulfonamides is 1. The lowest BCUT2D eigenvalue weighted by Gasteiger charge is -2.39. The Bertz CT molecular complexity index is 1520. The summed E-state index contributed by atoms with van der Waals surface area (Å²) in [6, 6.07) is 7.42. The predicted octanol–water partition coefficient (Wildman–Crippen LogP) is 4.20. The highest BCUT2D eigenvalue weighted by Crippen LogP contribution is 2.34. The van der Waals surface area contributed by atoms with Gasteiger partial charge in [0.2, 0.25) is 27.7 Å². The number of nitrogens with one attached hydrogen (secondary N) is 2. The van der Waals surface area contributed by atoms with Crippen molar-refractivity contribution in [1.82, 2.24) is 19.4 Å². The zero-order valence-electron chi connectivity index (χ0n) is 32.2. The maximum Gasteiger partial charge on any atom is 0.306 e. The Morgan fingerprint density at radius 3 is 2.19 bits per heavy atom. The van der Waals surface area contributed by atoms with Crippen molar-refractivity contribution >= 4 is 39.7 Å². The maximum absolute atomic E-state index is 14.1. The number of nitrogens with zero attached hydrogens (tertiary/aromatic N) is 3. The number of hydrogen-bond acceptors (Lipinski definition) is 8. The molecule has 2 saturated heterocycles. The Morgan fingerprint density at radius 1 is 0.962 bits per heavy atom. The number of ether oxygens (including phenoxy) is 1. The molecule has 1 aliphatic carbocycles. The Labute approximate surface area is 316 Å². The van der Waals surface area contributed by atoms with E-state index in [1.165, 1.54) is 15.6 Å². The fraction of sp³-hybridized carbons (Fsp3) is 0.718. The van der Waals surface area contributed by atoms with Crippen LogP contribution >= 0.6 is 0 Å². The van der Waals surface area contributed by atoms with E-state index in [2.05, 4.69) is 5.32 Å². The maximum atomic E-state index is 14.1. The molecule has 0 radical (unpaired) electrons. The average Bonchev–Trinajstić information content (AvgIpc) is 3.63. The molecule has 53 heavy (non-hydrogen) atoms. The summed E-state index contributed by atoms with van der Waals surface area (Å²) in [6.07, 6.45) is 10.4. The average molecular weight is 759 g/mol. The van der Waals surface area contributed by atoms with Crippen LogP contribution in [0.15, 0.2) is 30.3 Å². The molecule has 296 valence electrons. The molecule has 2 heterocycles. The standard InChI is InChI=1S/C39H62N6O7S/c1-5-39(6-2,26-28(3)52-34(46)25-30-16-11-8-12-17-30)37(49)42-38(41)43-22-19-31(20-23-43)27-45(53(4,50)51)33(24-29-14-9-7-10-15-29)36(48)44-21-13-18-32(44)35(40)47/h7,9-10,14-15,28,30-33H,5-6,8,11-13,16-27H2,1-4H3,(H2,40,47)(H2,41,42,49)/t28?,32-,33+/m0/s1. The van der Waals surface area contributed by atoms with Crippen LogP contribution in [-0.4, -0.2) is 103 Å². The Morgan fingerprint density at radius 2 is 1.60 bits per heavy atom. The highest BCUT2D eigenvalue weighted by atomic mass is 32.2. The van der Waals surface area contributed by atoms with Gasteiger partial charge in [-0.1, -0.05) is 63.4 Å². The molecule has 3 amide bonds. The van der Waals surface area contributed by atoms with E-state index < -0.39 is 45.4 Å². The fourth-order valence-corrected chi connectivity index (χ4v) is 9.63. The molecule has 0 aromatic heterocycles. The summed E-state index contributed by atoms with van der Waals surface area (Å²) in [5.74, 6) is -1.24. The largest absolute Gasteiger partial charge is 0.463 e. The molecule has 0 spiro atoms. The number of likely N-dealkylation sites (tertiary alicyclic amines) is 2.